The van der Waals surface area contributed by atoms with E-state index >= 15 is 0 Å². The van der Waals surface area contributed by atoms with Gasteiger partial charge in [-0.05, 0) is 48.1 Å². The number of carbonyl (C=O) groups excluding carboxylic acids is 2. The molecule has 202 valence electrons. The predicted octanol–water partition coefficient (Wildman–Crippen LogP) is 4.14. The molecule has 0 bridgehead atoms. The van der Waals surface area contributed by atoms with Crippen molar-refractivity contribution in [3.8, 4) is 5.75 Å². The number of aliphatic carboxylic acids is 1. The molecule has 3 rings (SSSR count). The Morgan fingerprint density at radius 3 is 2.39 bits per heavy atom. The van der Waals surface area contributed by atoms with Crippen LogP contribution in [0, 0.1) is 12.8 Å². The zero-order valence-electron chi connectivity index (χ0n) is 22.2. The lowest BCUT2D eigenvalue weighted by atomic mass is 10.00. The quantitative estimate of drug-likeness (QED) is 0.308. The van der Waals surface area contributed by atoms with Crippen LogP contribution in [0.5, 0.6) is 5.75 Å². The van der Waals surface area contributed by atoms with E-state index in [0.29, 0.717) is 24.5 Å². The number of aryl methyl sites for hydroxylation is 1. The molecule has 0 saturated carbocycles. The van der Waals surface area contributed by atoms with Crippen LogP contribution >= 0.6 is 0 Å². The summed E-state index contributed by atoms with van der Waals surface area (Å²) in [4.78, 5) is 35.6. The molecule has 2 amide bonds. The van der Waals surface area contributed by atoms with Crippen molar-refractivity contribution in [2.45, 2.75) is 65.6 Å². The lowest BCUT2D eigenvalue weighted by molar-refractivity contribution is -0.141. The van der Waals surface area contributed by atoms with Gasteiger partial charge in [-0.15, -0.1) is 0 Å². The zero-order valence-corrected chi connectivity index (χ0v) is 22.2. The predicted molar refractivity (Wildman–Crippen MR) is 141 cm³/mol. The Morgan fingerprint density at radius 1 is 1.05 bits per heavy atom. The van der Waals surface area contributed by atoms with Gasteiger partial charge < -0.3 is 25.0 Å². The molecule has 0 saturated heterocycles. The number of rotatable bonds is 13. The summed E-state index contributed by atoms with van der Waals surface area (Å²) >= 11 is 0. The highest BCUT2D eigenvalue weighted by Crippen LogP contribution is 2.23. The number of amides is 2. The summed E-state index contributed by atoms with van der Waals surface area (Å²) in [6.45, 7) is 7.84. The number of ether oxygens (including phenoxy) is 1. The fourth-order valence-electron chi connectivity index (χ4n) is 4.03. The van der Waals surface area contributed by atoms with Crippen LogP contribution in [-0.2, 0) is 33.8 Å². The number of nitrogens with one attached hydrogen (secondary N) is 2. The average Bonchev–Trinajstić information content (AvgIpc) is 3.31. The highest BCUT2D eigenvalue weighted by Gasteiger charge is 2.24. The molecule has 3 aromatic rings. The van der Waals surface area contributed by atoms with E-state index in [0.717, 1.165) is 16.9 Å². The van der Waals surface area contributed by atoms with Crippen LogP contribution in [0.25, 0.3) is 0 Å². The van der Waals surface area contributed by atoms with E-state index in [-0.39, 0.29) is 24.7 Å². The van der Waals surface area contributed by atoms with Gasteiger partial charge in [-0.1, -0.05) is 55.4 Å². The smallest absolute Gasteiger partial charge is 0.326 e. The summed E-state index contributed by atoms with van der Waals surface area (Å²) in [6.07, 6.45) is 0.751. The summed E-state index contributed by atoms with van der Waals surface area (Å²) in [6, 6.07) is 15.6. The lowest BCUT2D eigenvalue weighted by Gasteiger charge is -2.18. The van der Waals surface area contributed by atoms with Gasteiger partial charge in [0.25, 0.3) is 0 Å². The molecule has 3 N–H and O–H groups in total. The molecular weight excluding hydrogens is 486 g/mol. The Bertz CT molecular complexity index is 1240. The van der Waals surface area contributed by atoms with Crippen molar-refractivity contribution < 1.29 is 28.8 Å². The van der Waals surface area contributed by atoms with E-state index in [4.69, 9.17) is 9.26 Å². The highest BCUT2D eigenvalue weighted by atomic mass is 16.5. The van der Waals surface area contributed by atoms with Crippen LogP contribution in [0.2, 0.25) is 0 Å². The number of hydrogen-bond donors (Lipinski definition) is 3. The van der Waals surface area contributed by atoms with Crippen molar-refractivity contribution >= 4 is 17.8 Å². The number of carboxylic acid groups (broad SMARTS) is 1. The topological polar surface area (TPSA) is 131 Å². The van der Waals surface area contributed by atoms with Crippen molar-refractivity contribution in [2.24, 2.45) is 5.92 Å². The van der Waals surface area contributed by atoms with E-state index in [1.54, 1.807) is 6.07 Å². The van der Waals surface area contributed by atoms with E-state index in [1.807, 2.05) is 69.3 Å². The van der Waals surface area contributed by atoms with E-state index in [1.165, 1.54) is 12.5 Å². The first-order chi connectivity index (χ1) is 18.1. The van der Waals surface area contributed by atoms with Crippen molar-refractivity contribution in [3.05, 3.63) is 82.7 Å². The van der Waals surface area contributed by atoms with Gasteiger partial charge in [0.2, 0.25) is 11.8 Å². The normalized spacial score (nSPS) is 12.6. The van der Waals surface area contributed by atoms with Gasteiger partial charge >= 0.3 is 5.97 Å². The molecule has 0 spiro atoms. The summed E-state index contributed by atoms with van der Waals surface area (Å²) < 4.78 is 11.2. The summed E-state index contributed by atoms with van der Waals surface area (Å²) in [5.41, 5.74) is 3.64. The number of carbonyl (C=O) groups is 3. The minimum absolute atomic E-state index is 0.0531. The Hall–Kier alpha value is -4.14. The molecule has 38 heavy (non-hydrogen) atoms. The molecule has 2 atom stereocenters. The highest BCUT2D eigenvalue weighted by molar-refractivity contribution is 5.82. The number of nitrogens with zero attached hydrogens (tertiary/aromatic N) is 1. The minimum Gasteiger partial charge on any atom is -0.489 e. The number of carboxylic acids is 1. The van der Waals surface area contributed by atoms with Crippen LogP contribution in [0.4, 0.5) is 0 Å². The second-order valence-corrected chi connectivity index (χ2v) is 9.80. The maximum atomic E-state index is 12.9. The van der Waals surface area contributed by atoms with E-state index in [9.17, 15) is 19.5 Å². The van der Waals surface area contributed by atoms with Crippen molar-refractivity contribution in [3.63, 3.8) is 0 Å². The number of aromatic nitrogens is 1. The standard InChI is InChI=1S/C29H35N3O6/c1-18(2)13-25(26-15-24(38-32-26)16-27(29(35)36)30-20(4)33)31-28(34)14-21-9-11-23(12-10-21)37-17-22-8-6-5-7-19(22)3/h5-12,15,18,25,27H,13-14,16-17H2,1-4H3,(H,30,33)(H,31,34)(H,35,36). The van der Waals surface area contributed by atoms with Gasteiger partial charge in [-0.25, -0.2) is 4.79 Å². The van der Waals surface area contributed by atoms with Gasteiger partial charge in [0.1, 0.15) is 29.9 Å². The summed E-state index contributed by atoms with van der Waals surface area (Å²) in [5, 5.41) is 18.8. The number of hydrogen-bond acceptors (Lipinski definition) is 6. The molecule has 1 heterocycles. The fraction of sp³-hybridized carbons (Fsp3) is 0.379. The maximum absolute atomic E-state index is 12.9. The van der Waals surface area contributed by atoms with Crippen LogP contribution in [0.3, 0.4) is 0 Å². The third kappa shape index (κ3) is 8.76. The third-order valence-electron chi connectivity index (χ3n) is 6.00. The second-order valence-electron chi connectivity index (χ2n) is 9.80. The average molecular weight is 522 g/mol. The Balaban J connectivity index is 1.60. The SMILES string of the molecule is CC(=O)NC(Cc1cc(C(CC(C)C)NC(=O)Cc2ccc(OCc3ccccc3C)cc2)no1)C(=O)O. The van der Waals surface area contributed by atoms with E-state index in [2.05, 4.69) is 15.8 Å². The molecule has 9 heteroatoms. The third-order valence-corrected chi connectivity index (χ3v) is 6.00. The monoisotopic (exact) mass is 521 g/mol. The molecular formula is C29H35N3O6. The van der Waals surface area contributed by atoms with Crippen molar-refractivity contribution in [1.82, 2.24) is 15.8 Å². The molecule has 2 aromatic carbocycles. The summed E-state index contributed by atoms with van der Waals surface area (Å²) in [5.74, 6) is -0.494. The molecule has 9 nitrogen and oxygen atoms in total. The number of benzene rings is 2. The first-order valence-corrected chi connectivity index (χ1v) is 12.6. The minimum atomic E-state index is -1.17. The first kappa shape index (κ1) is 28.4. The van der Waals surface area contributed by atoms with Gasteiger partial charge in [0.15, 0.2) is 0 Å². The van der Waals surface area contributed by atoms with Gasteiger partial charge in [0, 0.05) is 19.4 Å². The zero-order chi connectivity index (χ0) is 27.7. The molecule has 0 aliphatic carbocycles. The Morgan fingerprint density at radius 2 is 1.76 bits per heavy atom. The maximum Gasteiger partial charge on any atom is 0.326 e. The second kappa shape index (κ2) is 13.4. The van der Waals surface area contributed by atoms with Crippen LogP contribution in [0.1, 0.15) is 61.4 Å². The molecule has 1 aromatic heterocycles. The summed E-state index contributed by atoms with van der Waals surface area (Å²) in [7, 11) is 0. The molecule has 0 fully saturated rings. The molecule has 2 unspecified atom stereocenters. The van der Waals surface area contributed by atoms with Crippen LogP contribution < -0.4 is 15.4 Å². The van der Waals surface area contributed by atoms with Gasteiger partial charge in [-0.2, -0.15) is 0 Å². The van der Waals surface area contributed by atoms with Gasteiger partial charge in [-0.3, -0.25) is 9.59 Å². The van der Waals surface area contributed by atoms with Gasteiger partial charge in [0.05, 0.1) is 12.5 Å². The molecule has 0 radical (unpaired) electrons. The Kier molecular flexibility index (Phi) is 10.0. The molecule has 0 aliphatic rings. The fourth-order valence-corrected chi connectivity index (χ4v) is 4.03. The lowest BCUT2D eigenvalue weighted by Crippen LogP contribution is -2.41. The largest absolute Gasteiger partial charge is 0.489 e. The molecule has 0 aliphatic heterocycles. The Labute approximate surface area is 222 Å². The van der Waals surface area contributed by atoms with Crippen LogP contribution in [0.15, 0.2) is 59.1 Å². The first-order valence-electron chi connectivity index (χ1n) is 12.6. The van der Waals surface area contributed by atoms with E-state index < -0.39 is 24.0 Å². The van der Waals surface area contributed by atoms with Crippen molar-refractivity contribution in [1.29, 1.82) is 0 Å². The van der Waals surface area contributed by atoms with Crippen LogP contribution in [-0.4, -0.2) is 34.1 Å². The van der Waals surface area contributed by atoms with Crippen molar-refractivity contribution in [2.75, 3.05) is 0 Å².